The van der Waals surface area contributed by atoms with Gasteiger partial charge in [0.1, 0.15) is 5.75 Å². The number of ether oxygens (including phenoxy) is 1. The average molecular weight is 458 g/mol. The Kier molecular flexibility index (Phi) is 5.31. The van der Waals surface area contributed by atoms with Crippen LogP contribution >= 0.6 is 11.8 Å². The van der Waals surface area contributed by atoms with Crippen LogP contribution < -0.4 is 4.74 Å². The van der Waals surface area contributed by atoms with Crippen LogP contribution in [0.2, 0.25) is 0 Å². The summed E-state index contributed by atoms with van der Waals surface area (Å²) in [6, 6.07) is 19.6. The molecule has 164 valence electrons. The number of nitrogens with one attached hydrogen (secondary N) is 1. The summed E-state index contributed by atoms with van der Waals surface area (Å²) in [6.07, 6.45) is 1.72. The highest BCUT2D eigenvalue weighted by atomic mass is 32.2. The van der Waals surface area contributed by atoms with Gasteiger partial charge >= 0.3 is 0 Å². The van der Waals surface area contributed by atoms with Gasteiger partial charge in [-0.25, -0.2) is 4.98 Å². The van der Waals surface area contributed by atoms with Crippen LogP contribution in [-0.2, 0) is 0 Å². The predicted molar refractivity (Wildman–Crippen MR) is 128 cm³/mol. The van der Waals surface area contributed by atoms with Crippen LogP contribution in [0.1, 0.15) is 10.4 Å². The number of nitro benzene ring substituents is 1. The molecule has 0 unspecified atom stereocenters. The number of non-ortho nitro benzene ring substituents is 1. The third kappa shape index (κ3) is 3.72. The maximum absolute atomic E-state index is 13.0. The Hall–Kier alpha value is -4.11. The van der Waals surface area contributed by atoms with Crippen molar-refractivity contribution in [2.75, 3.05) is 12.9 Å². The molecule has 0 aliphatic carbocycles. The Labute approximate surface area is 192 Å². The van der Waals surface area contributed by atoms with Crippen LogP contribution in [0.3, 0.4) is 0 Å². The van der Waals surface area contributed by atoms with Crippen molar-refractivity contribution in [3.05, 3.63) is 88.6 Å². The maximum Gasteiger partial charge on any atom is 0.271 e. The molecule has 5 aromatic rings. The first-order chi connectivity index (χ1) is 16.1. The molecule has 3 aromatic carbocycles. The molecule has 0 atom stereocenters. The fourth-order valence-corrected chi connectivity index (χ4v) is 4.72. The number of hydrogen-bond acceptors (Lipinski definition) is 6. The SMILES string of the molecule is COc1ccccc1-n1c(SCC(=O)c2c[nH]c3ccccc23)nc2cc([N+](=O)[O-])ccc21. The van der Waals surface area contributed by atoms with Crippen LogP contribution in [0.15, 0.2) is 78.1 Å². The number of H-pyrrole nitrogens is 1. The second kappa shape index (κ2) is 8.44. The summed E-state index contributed by atoms with van der Waals surface area (Å²) in [5, 5.41) is 12.7. The van der Waals surface area contributed by atoms with E-state index in [9.17, 15) is 14.9 Å². The van der Waals surface area contributed by atoms with Gasteiger partial charge in [0, 0.05) is 34.8 Å². The Morgan fingerprint density at radius 1 is 1.15 bits per heavy atom. The number of Topliss-reactive ketones (excluding diaryl/α,β-unsaturated/α-hetero) is 1. The topological polar surface area (TPSA) is 103 Å². The molecule has 0 aliphatic heterocycles. The molecule has 33 heavy (non-hydrogen) atoms. The Bertz CT molecular complexity index is 1520. The van der Waals surface area contributed by atoms with Crippen LogP contribution in [0.5, 0.6) is 5.75 Å². The lowest BCUT2D eigenvalue weighted by molar-refractivity contribution is -0.384. The van der Waals surface area contributed by atoms with Crippen molar-refractivity contribution in [2.45, 2.75) is 5.16 Å². The number of fused-ring (bicyclic) bond motifs is 2. The van der Waals surface area contributed by atoms with E-state index in [0.29, 0.717) is 27.5 Å². The first kappa shape index (κ1) is 20.8. The van der Waals surface area contributed by atoms with E-state index >= 15 is 0 Å². The molecule has 8 nitrogen and oxygen atoms in total. The summed E-state index contributed by atoms with van der Waals surface area (Å²) in [4.78, 5) is 31.6. The number of hydrogen-bond donors (Lipinski definition) is 1. The normalized spacial score (nSPS) is 11.2. The van der Waals surface area contributed by atoms with E-state index in [-0.39, 0.29) is 17.2 Å². The summed E-state index contributed by atoms with van der Waals surface area (Å²) >= 11 is 1.28. The van der Waals surface area contributed by atoms with Gasteiger partial charge in [-0.15, -0.1) is 0 Å². The average Bonchev–Trinajstić information content (AvgIpc) is 3.43. The number of carbonyl (C=O) groups is 1. The van der Waals surface area contributed by atoms with Crippen molar-refractivity contribution in [1.29, 1.82) is 0 Å². The van der Waals surface area contributed by atoms with Crippen molar-refractivity contribution < 1.29 is 14.5 Å². The molecule has 1 N–H and O–H groups in total. The zero-order valence-electron chi connectivity index (χ0n) is 17.5. The number of aromatic nitrogens is 3. The zero-order valence-corrected chi connectivity index (χ0v) is 18.3. The third-order valence-corrected chi connectivity index (χ3v) is 6.30. The first-order valence-corrected chi connectivity index (χ1v) is 11.1. The highest BCUT2D eigenvalue weighted by Crippen LogP contribution is 2.34. The molecule has 5 rings (SSSR count). The maximum atomic E-state index is 13.0. The monoisotopic (exact) mass is 458 g/mol. The van der Waals surface area contributed by atoms with Crippen molar-refractivity contribution >= 4 is 45.2 Å². The number of thioether (sulfide) groups is 1. The number of rotatable bonds is 7. The van der Waals surface area contributed by atoms with Gasteiger partial charge in [-0.3, -0.25) is 19.5 Å². The number of aromatic amines is 1. The molecule has 0 spiro atoms. The highest BCUT2D eigenvalue weighted by molar-refractivity contribution is 7.99. The second-order valence-electron chi connectivity index (χ2n) is 7.29. The standard InChI is InChI=1S/C24H18N4O4S/c1-32-23-9-5-4-8-21(23)27-20-11-10-15(28(30)31)12-19(20)26-24(27)33-14-22(29)17-13-25-18-7-3-2-6-16(17)18/h2-13,25H,14H2,1H3. The molecule has 0 bridgehead atoms. The van der Waals surface area contributed by atoms with Gasteiger partial charge in [0.05, 0.1) is 34.5 Å². The van der Waals surface area contributed by atoms with Crippen LogP contribution in [-0.4, -0.2) is 38.1 Å². The highest BCUT2D eigenvalue weighted by Gasteiger charge is 2.20. The molecule has 2 heterocycles. The number of nitro groups is 1. The molecule has 2 aromatic heterocycles. The van der Waals surface area contributed by atoms with Gasteiger partial charge in [0.15, 0.2) is 10.9 Å². The zero-order chi connectivity index (χ0) is 22.9. The van der Waals surface area contributed by atoms with Crippen molar-refractivity contribution in [3.63, 3.8) is 0 Å². The number of nitrogens with zero attached hydrogens (tertiary/aromatic N) is 3. The van der Waals surface area contributed by atoms with Gasteiger partial charge in [-0.1, -0.05) is 42.1 Å². The van der Waals surface area contributed by atoms with Crippen molar-refractivity contribution in [1.82, 2.24) is 14.5 Å². The Balaban J connectivity index is 1.56. The lowest BCUT2D eigenvalue weighted by Crippen LogP contribution is -2.04. The van der Waals surface area contributed by atoms with E-state index in [1.54, 1.807) is 19.4 Å². The summed E-state index contributed by atoms with van der Waals surface area (Å²) in [6.45, 7) is 0. The van der Waals surface area contributed by atoms with Crippen LogP contribution in [0.25, 0.3) is 27.6 Å². The third-order valence-electron chi connectivity index (χ3n) is 5.37. The smallest absolute Gasteiger partial charge is 0.271 e. The second-order valence-corrected chi connectivity index (χ2v) is 8.23. The van der Waals surface area contributed by atoms with Crippen molar-refractivity contribution in [3.8, 4) is 11.4 Å². The van der Waals surface area contributed by atoms with E-state index in [0.717, 1.165) is 16.6 Å². The molecular formula is C24H18N4O4S. The largest absolute Gasteiger partial charge is 0.495 e. The minimum absolute atomic E-state index is 0.0398. The fourth-order valence-electron chi connectivity index (χ4n) is 3.81. The molecule has 0 saturated carbocycles. The summed E-state index contributed by atoms with van der Waals surface area (Å²) in [5.41, 5.74) is 3.37. The molecule has 0 amide bonds. The van der Waals surface area contributed by atoms with Gasteiger partial charge in [-0.05, 0) is 24.3 Å². The van der Waals surface area contributed by atoms with Gasteiger partial charge in [0.25, 0.3) is 5.69 Å². The summed E-state index contributed by atoms with van der Waals surface area (Å²) in [7, 11) is 1.58. The molecule has 0 saturated heterocycles. The molecular weight excluding hydrogens is 440 g/mol. The number of methoxy groups -OCH3 is 1. The fraction of sp³-hybridized carbons (Fsp3) is 0.0833. The minimum Gasteiger partial charge on any atom is -0.495 e. The quantitative estimate of drug-likeness (QED) is 0.152. The van der Waals surface area contributed by atoms with E-state index in [2.05, 4.69) is 9.97 Å². The van der Waals surface area contributed by atoms with Crippen molar-refractivity contribution in [2.24, 2.45) is 0 Å². The lowest BCUT2D eigenvalue weighted by atomic mass is 10.1. The van der Waals surface area contributed by atoms with E-state index < -0.39 is 4.92 Å². The molecule has 9 heteroatoms. The predicted octanol–water partition coefficient (Wildman–Crippen LogP) is 5.40. The summed E-state index contributed by atoms with van der Waals surface area (Å²) in [5.74, 6) is 0.740. The van der Waals surface area contributed by atoms with Gasteiger partial charge in [-0.2, -0.15) is 0 Å². The molecule has 0 fully saturated rings. The first-order valence-electron chi connectivity index (χ1n) is 10.1. The van der Waals surface area contributed by atoms with E-state index in [1.165, 1.54) is 23.9 Å². The lowest BCUT2D eigenvalue weighted by Gasteiger charge is -2.12. The number of para-hydroxylation sites is 3. The van der Waals surface area contributed by atoms with Crippen LogP contribution in [0, 0.1) is 10.1 Å². The summed E-state index contributed by atoms with van der Waals surface area (Å²) < 4.78 is 7.40. The number of benzene rings is 3. The number of ketones is 1. The van der Waals surface area contributed by atoms with E-state index in [1.807, 2.05) is 53.1 Å². The molecule has 0 aliphatic rings. The number of carbonyl (C=O) groups excluding carboxylic acids is 1. The number of imidazole rings is 1. The Morgan fingerprint density at radius 3 is 2.76 bits per heavy atom. The van der Waals surface area contributed by atoms with Crippen LogP contribution in [0.4, 0.5) is 5.69 Å². The van der Waals surface area contributed by atoms with E-state index in [4.69, 9.17) is 4.74 Å². The Morgan fingerprint density at radius 2 is 1.94 bits per heavy atom. The van der Waals surface area contributed by atoms with Gasteiger partial charge in [0.2, 0.25) is 0 Å². The molecule has 0 radical (unpaired) electrons. The van der Waals surface area contributed by atoms with Gasteiger partial charge < -0.3 is 9.72 Å². The minimum atomic E-state index is -0.449.